The van der Waals surface area contributed by atoms with E-state index in [0.717, 1.165) is 5.56 Å². The Labute approximate surface area is 174 Å². The minimum atomic E-state index is -3.17. The molecule has 0 radical (unpaired) electrons. The van der Waals surface area contributed by atoms with Gasteiger partial charge in [-0.25, -0.2) is 4.79 Å². The number of hydrogen-bond acceptors (Lipinski definition) is 5. The van der Waals surface area contributed by atoms with E-state index in [9.17, 15) is 23.8 Å². The molecule has 0 bridgehead atoms. The van der Waals surface area contributed by atoms with E-state index in [0.29, 0.717) is 11.3 Å². The third-order valence-electron chi connectivity index (χ3n) is 3.85. The van der Waals surface area contributed by atoms with Gasteiger partial charge in [0.15, 0.2) is 7.37 Å². The number of ether oxygens (including phenoxy) is 1. The van der Waals surface area contributed by atoms with Gasteiger partial charge in [-0.2, -0.15) is 0 Å². The van der Waals surface area contributed by atoms with E-state index < -0.39 is 19.4 Å². The molecule has 2 aromatic rings. The van der Waals surface area contributed by atoms with Crippen molar-refractivity contribution >= 4 is 31.0 Å². The van der Waals surface area contributed by atoms with Crippen molar-refractivity contribution in [3.63, 3.8) is 0 Å². The van der Waals surface area contributed by atoms with Gasteiger partial charge in [-0.3, -0.25) is 14.2 Å². The zero-order valence-electron chi connectivity index (χ0n) is 16.5. The summed E-state index contributed by atoms with van der Waals surface area (Å²) in [6.07, 6.45) is -0.714. The highest BCUT2D eigenvalue weighted by Gasteiger charge is 2.12. The second-order valence-corrected chi connectivity index (χ2v) is 9.12. The first-order chi connectivity index (χ1) is 14.2. The Morgan fingerprint density at radius 1 is 1.00 bits per heavy atom. The molecule has 30 heavy (non-hydrogen) atoms. The second-order valence-electron chi connectivity index (χ2n) is 6.57. The van der Waals surface area contributed by atoms with Gasteiger partial charge in [-0.15, -0.1) is 0 Å². The van der Waals surface area contributed by atoms with Crippen LogP contribution in [-0.2, 0) is 20.7 Å². The fourth-order valence-corrected chi connectivity index (χ4v) is 2.84. The first kappa shape index (κ1) is 23.1. The van der Waals surface area contributed by atoms with Crippen molar-refractivity contribution in [2.45, 2.75) is 6.61 Å². The molecule has 0 saturated carbocycles. The van der Waals surface area contributed by atoms with Gasteiger partial charge in [0.2, 0.25) is 5.91 Å². The summed E-state index contributed by atoms with van der Waals surface area (Å²) in [6, 6.07) is 15.3. The fourth-order valence-electron chi connectivity index (χ4n) is 2.32. The topological polar surface area (TPSA) is 134 Å². The van der Waals surface area contributed by atoms with Gasteiger partial charge < -0.3 is 25.6 Å². The number of alkyl carbamates (subject to hydrolysis) is 1. The number of rotatable bonds is 9. The number of carbonyl (C=O) groups excluding carboxylic acids is 3. The van der Waals surface area contributed by atoms with E-state index >= 15 is 0 Å². The molecule has 10 heteroatoms. The van der Waals surface area contributed by atoms with Crippen LogP contribution in [-0.4, -0.2) is 48.7 Å². The third-order valence-corrected chi connectivity index (χ3v) is 4.90. The molecule has 2 aromatic carbocycles. The molecular formula is C20H24N3O6P. The van der Waals surface area contributed by atoms with E-state index in [-0.39, 0.29) is 31.8 Å². The van der Waals surface area contributed by atoms with E-state index in [2.05, 4.69) is 16.0 Å². The molecule has 0 fully saturated rings. The zero-order chi connectivity index (χ0) is 22.0. The van der Waals surface area contributed by atoms with E-state index in [1.165, 1.54) is 30.9 Å². The molecule has 0 saturated heterocycles. The third kappa shape index (κ3) is 8.89. The molecule has 160 valence electrons. The van der Waals surface area contributed by atoms with Gasteiger partial charge in [0.1, 0.15) is 13.2 Å². The van der Waals surface area contributed by atoms with E-state index in [1.807, 2.05) is 30.3 Å². The predicted molar refractivity (Wildman–Crippen MR) is 113 cm³/mol. The Bertz CT molecular complexity index is 912. The molecule has 4 N–H and O–H groups in total. The number of anilines is 1. The lowest BCUT2D eigenvalue weighted by Gasteiger charge is -2.09. The summed E-state index contributed by atoms with van der Waals surface area (Å²) in [5.41, 5.74) is 1.63. The first-order valence-corrected chi connectivity index (χ1v) is 11.4. The maximum Gasteiger partial charge on any atom is 0.407 e. The van der Waals surface area contributed by atoms with Gasteiger partial charge in [0.05, 0.1) is 0 Å². The highest BCUT2D eigenvalue weighted by molar-refractivity contribution is 7.57. The number of amides is 3. The van der Waals surface area contributed by atoms with Crippen LogP contribution in [0.3, 0.4) is 0 Å². The Hall–Kier alpha value is -3.16. The molecule has 1 unspecified atom stereocenters. The van der Waals surface area contributed by atoms with Crippen molar-refractivity contribution in [1.82, 2.24) is 10.6 Å². The maximum atomic E-state index is 12.0. The molecule has 9 nitrogen and oxygen atoms in total. The molecule has 0 spiro atoms. The summed E-state index contributed by atoms with van der Waals surface area (Å²) in [5, 5.41) is 7.50. The normalized spacial score (nSPS) is 12.3. The van der Waals surface area contributed by atoms with Crippen LogP contribution in [0.15, 0.2) is 54.6 Å². The smallest absolute Gasteiger partial charge is 0.407 e. The monoisotopic (exact) mass is 433 g/mol. The summed E-state index contributed by atoms with van der Waals surface area (Å²) in [7, 11) is -3.17. The Morgan fingerprint density at radius 2 is 1.67 bits per heavy atom. The molecule has 0 aliphatic carbocycles. The molecule has 0 aliphatic rings. The van der Waals surface area contributed by atoms with Crippen LogP contribution in [0.2, 0.25) is 0 Å². The van der Waals surface area contributed by atoms with Crippen LogP contribution in [0.1, 0.15) is 15.9 Å². The summed E-state index contributed by atoms with van der Waals surface area (Å²) in [5.74, 6) is -0.838. The van der Waals surface area contributed by atoms with Crippen LogP contribution < -0.4 is 16.0 Å². The van der Waals surface area contributed by atoms with Crippen molar-refractivity contribution < 1.29 is 28.6 Å². The first-order valence-electron chi connectivity index (χ1n) is 9.15. The number of nitrogens with one attached hydrogen (secondary N) is 3. The average molecular weight is 433 g/mol. The number of carbonyl (C=O) groups is 3. The fraction of sp³-hybridized carbons (Fsp3) is 0.250. The average Bonchev–Trinajstić information content (AvgIpc) is 2.71. The van der Waals surface area contributed by atoms with Crippen molar-refractivity contribution in [3.05, 3.63) is 65.7 Å². The Kier molecular flexibility index (Phi) is 8.58. The van der Waals surface area contributed by atoms with Crippen LogP contribution in [0.25, 0.3) is 0 Å². The quantitative estimate of drug-likeness (QED) is 0.448. The second kappa shape index (κ2) is 11.1. The van der Waals surface area contributed by atoms with Crippen LogP contribution in [0.5, 0.6) is 0 Å². The van der Waals surface area contributed by atoms with E-state index in [4.69, 9.17) is 4.74 Å². The lowest BCUT2D eigenvalue weighted by molar-refractivity contribution is -0.115. The predicted octanol–water partition coefficient (Wildman–Crippen LogP) is 2.18. The number of benzene rings is 2. The highest BCUT2D eigenvalue weighted by Crippen LogP contribution is 2.33. The van der Waals surface area contributed by atoms with Gasteiger partial charge in [0.25, 0.3) is 5.91 Å². The Balaban J connectivity index is 1.71. The maximum absolute atomic E-state index is 12.0. The minimum Gasteiger partial charge on any atom is -0.445 e. The highest BCUT2D eigenvalue weighted by atomic mass is 31.2. The van der Waals surface area contributed by atoms with Crippen molar-refractivity contribution in [2.24, 2.45) is 0 Å². The van der Waals surface area contributed by atoms with Crippen LogP contribution >= 0.6 is 7.37 Å². The van der Waals surface area contributed by atoms with Crippen LogP contribution in [0.4, 0.5) is 10.5 Å². The molecule has 0 heterocycles. The minimum absolute atomic E-state index is 0.00629. The lowest BCUT2D eigenvalue weighted by Crippen LogP contribution is -2.33. The van der Waals surface area contributed by atoms with Gasteiger partial charge in [-0.1, -0.05) is 30.3 Å². The van der Waals surface area contributed by atoms with Crippen molar-refractivity contribution in [2.75, 3.05) is 31.2 Å². The summed E-state index contributed by atoms with van der Waals surface area (Å²) in [4.78, 5) is 44.8. The molecule has 1 atom stereocenters. The summed E-state index contributed by atoms with van der Waals surface area (Å²) < 4.78 is 16.2. The van der Waals surface area contributed by atoms with Crippen molar-refractivity contribution in [3.8, 4) is 0 Å². The summed E-state index contributed by atoms with van der Waals surface area (Å²) in [6.45, 7) is 1.15. The largest absolute Gasteiger partial charge is 0.445 e. The molecule has 2 rings (SSSR count). The molecular weight excluding hydrogens is 409 g/mol. The summed E-state index contributed by atoms with van der Waals surface area (Å²) >= 11 is 0. The van der Waals surface area contributed by atoms with Gasteiger partial charge in [0, 0.05) is 30.6 Å². The zero-order valence-corrected chi connectivity index (χ0v) is 17.4. The lowest BCUT2D eigenvalue weighted by atomic mass is 10.2. The van der Waals surface area contributed by atoms with Crippen LogP contribution in [0, 0.1) is 0 Å². The van der Waals surface area contributed by atoms with E-state index in [1.54, 1.807) is 0 Å². The molecule has 3 amide bonds. The molecule has 0 aliphatic heterocycles. The van der Waals surface area contributed by atoms with Gasteiger partial charge >= 0.3 is 6.09 Å². The van der Waals surface area contributed by atoms with Gasteiger partial charge in [-0.05, 0) is 29.8 Å². The number of hydrogen-bond donors (Lipinski definition) is 4. The molecule has 0 aromatic heterocycles. The van der Waals surface area contributed by atoms with Crippen molar-refractivity contribution in [1.29, 1.82) is 0 Å². The standard InChI is InChI=1S/C20H24N3O6P/c1-30(27,28)12-11-21-19(25)16-7-9-17(10-8-16)23-18(24)13-22-20(26)29-14-15-5-3-2-4-6-15/h2-10H,11-14H2,1H3,(H,21,25)(H,22,26)(H,23,24)(H,27,28). The SMILES string of the molecule is CP(=O)(O)CCNC(=O)c1ccc(NC(=O)CNC(=O)OCc2ccccc2)cc1. The Morgan fingerprint density at radius 3 is 2.30 bits per heavy atom.